The summed E-state index contributed by atoms with van der Waals surface area (Å²) in [6, 6.07) is 7.22. The first-order valence-corrected chi connectivity index (χ1v) is 7.30. The Morgan fingerprint density at radius 1 is 1.05 bits per heavy atom. The maximum absolute atomic E-state index is 12.1. The van der Waals surface area contributed by atoms with Crippen molar-refractivity contribution < 1.29 is 9.28 Å². The summed E-state index contributed by atoms with van der Waals surface area (Å²) in [7, 11) is 0. The first kappa shape index (κ1) is 15.7. The van der Waals surface area contributed by atoms with E-state index in [1.807, 2.05) is 12.1 Å². The molecule has 0 aliphatic rings. The Kier molecular flexibility index (Phi) is 6.03. The Hall–Kier alpha value is -1.35. The van der Waals surface area contributed by atoms with Crippen molar-refractivity contribution in [2.45, 2.75) is 33.6 Å². The minimum Gasteiger partial charge on any atom is -0.399 e. The van der Waals surface area contributed by atoms with Gasteiger partial charge in [-0.2, -0.15) is 0 Å². The van der Waals surface area contributed by atoms with E-state index in [4.69, 9.17) is 5.73 Å². The maximum Gasteiger partial charge on any atom is 0.163 e. The Labute approximate surface area is 117 Å². The van der Waals surface area contributed by atoms with Gasteiger partial charge in [0.25, 0.3) is 0 Å². The summed E-state index contributed by atoms with van der Waals surface area (Å²) in [6.07, 6.45) is 1.59. The lowest BCUT2D eigenvalue weighted by molar-refractivity contribution is -0.923. The van der Waals surface area contributed by atoms with Gasteiger partial charge in [0, 0.05) is 24.1 Å². The Morgan fingerprint density at radius 2 is 1.58 bits per heavy atom. The van der Waals surface area contributed by atoms with Gasteiger partial charge in [0.2, 0.25) is 0 Å². The highest BCUT2D eigenvalue weighted by atomic mass is 16.1. The molecule has 0 saturated carbocycles. The molecule has 3 nitrogen and oxygen atoms in total. The number of benzene rings is 1. The van der Waals surface area contributed by atoms with Gasteiger partial charge in [-0.1, -0.05) is 0 Å². The number of hydrogen-bond acceptors (Lipinski definition) is 2. The number of rotatable bonds is 8. The highest BCUT2D eigenvalue weighted by molar-refractivity contribution is 5.96. The minimum atomic E-state index is 0.224. The number of ketones is 1. The van der Waals surface area contributed by atoms with E-state index in [-0.39, 0.29) is 5.78 Å². The molecule has 2 N–H and O–H groups in total. The van der Waals surface area contributed by atoms with Crippen molar-refractivity contribution in [3.63, 3.8) is 0 Å². The zero-order chi connectivity index (χ0) is 14.3. The first-order chi connectivity index (χ1) is 9.06. The molecule has 0 amide bonds. The van der Waals surface area contributed by atoms with Crippen molar-refractivity contribution in [3.05, 3.63) is 29.8 Å². The van der Waals surface area contributed by atoms with Gasteiger partial charge in [0.15, 0.2) is 5.78 Å². The standard InChI is InChI=1S/C16H26N2O/c1-4-18(5-2,6-3)13-7-8-16(19)14-9-11-15(17)12-10-14/h9-12H,4-8,13H2,1-3H3,(H-,17,19)/p+1. The second-order valence-electron chi connectivity index (χ2n) is 5.16. The molecule has 0 heterocycles. The first-order valence-electron chi connectivity index (χ1n) is 7.30. The van der Waals surface area contributed by atoms with E-state index in [0.717, 1.165) is 42.6 Å². The smallest absolute Gasteiger partial charge is 0.163 e. The summed E-state index contributed by atoms with van der Waals surface area (Å²) in [5, 5.41) is 0. The molecular weight excluding hydrogens is 236 g/mol. The molecule has 0 aliphatic heterocycles. The van der Waals surface area contributed by atoms with Crippen LogP contribution in [0.15, 0.2) is 24.3 Å². The molecule has 0 radical (unpaired) electrons. The number of Topliss-reactive ketones (excluding diaryl/α,β-unsaturated/α-hetero) is 1. The minimum absolute atomic E-state index is 0.224. The maximum atomic E-state index is 12.1. The summed E-state index contributed by atoms with van der Waals surface area (Å²) in [5.74, 6) is 0.224. The number of nitrogen functional groups attached to an aromatic ring is 1. The summed E-state index contributed by atoms with van der Waals surface area (Å²) >= 11 is 0. The van der Waals surface area contributed by atoms with Crippen molar-refractivity contribution in [2.75, 3.05) is 31.9 Å². The largest absolute Gasteiger partial charge is 0.399 e. The van der Waals surface area contributed by atoms with Gasteiger partial charge in [0.05, 0.1) is 26.2 Å². The van der Waals surface area contributed by atoms with Crippen LogP contribution in [0.4, 0.5) is 5.69 Å². The van der Waals surface area contributed by atoms with Gasteiger partial charge in [0.1, 0.15) is 0 Å². The van der Waals surface area contributed by atoms with Gasteiger partial charge in [-0.3, -0.25) is 4.79 Å². The fourth-order valence-corrected chi connectivity index (χ4v) is 2.53. The molecule has 1 aromatic rings. The van der Waals surface area contributed by atoms with E-state index >= 15 is 0 Å². The Balaban J connectivity index is 2.48. The van der Waals surface area contributed by atoms with Gasteiger partial charge < -0.3 is 10.2 Å². The fraction of sp³-hybridized carbons (Fsp3) is 0.562. The molecule has 0 saturated heterocycles. The molecule has 1 aromatic carbocycles. The van der Waals surface area contributed by atoms with E-state index in [9.17, 15) is 4.79 Å². The number of nitrogens with two attached hydrogens (primary N) is 1. The van der Waals surface area contributed by atoms with Crippen LogP contribution in [0.5, 0.6) is 0 Å². The topological polar surface area (TPSA) is 43.1 Å². The second kappa shape index (κ2) is 7.29. The lowest BCUT2D eigenvalue weighted by Gasteiger charge is -2.35. The number of quaternary nitrogens is 1. The molecule has 19 heavy (non-hydrogen) atoms. The summed E-state index contributed by atoms with van der Waals surface area (Å²) in [6.45, 7) is 11.2. The van der Waals surface area contributed by atoms with Crippen molar-refractivity contribution in [1.29, 1.82) is 0 Å². The average molecular weight is 263 g/mol. The van der Waals surface area contributed by atoms with E-state index < -0.39 is 0 Å². The van der Waals surface area contributed by atoms with Gasteiger partial charge in [-0.05, 0) is 45.0 Å². The molecule has 0 atom stereocenters. The van der Waals surface area contributed by atoms with Crippen molar-refractivity contribution in [3.8, 4) is 0 Å². The molecule has 0 unspecified atom stereocenters. The summed E-state index contributed by atoms with van der Waals surface area (Å²) < 4.78 is 1.11. The third-order valence-corrected chi connectivity index (χ3v) is 4.28. The van der Waals surface area contributed by atoms with Crippen LogP contribution in [-0.4, -0.2) is 36.4 Å². The number of carbonyl (C=O) groups excluding carboxylic acids is 1. The van der Waals surface area contributed by atoms with Crippen LogP contribution in [0.1, 0.15) is 44.0 Å². The Bertz CT molecular complexity index is 385. The average Bonchev–Trinajstić information content (AvgIpc) is 2.45. The third kappa shape index (κ3) is 4.35. The number of nitrogens with zero attached hydrogens (tertiary/aromatic N) is 1. The monoisotopic (exact) mass is 263 g/mol. The predicted octanol–water partition coefficient (Wildman–Crippen LogP) is 3.11. The summed E-state index contributed by atoms with van der Waals surface area (Å²) in [5.41, 5.74) is 7.10. The molecule has 0 bridgehead atoms. The second-order valence-corrected chi connectivity index (χ2v) is 5.16. The van der Waals surface area contributed by atoms with Gasteiger partial charge in [-0.15, -0.1) is 0 Å². The quantitative estimate of drug-likeness (QED) is 0.445. The molecule has 0 fully saturated rings. The fourth-order valence-electron chi connectivity index (χ4n) is 2.53. The van der Waals surface area contributed by atoms with Crippen molar-refractivity contribution in [1.82, 2.24) is 0 Å². The molecule has 1 rings (SSSR count). The van der Waals surface area contributed by atoms with Crippen LogP contribution in [0.2, 0.25) is 0 Å². The predicted molar refractivity (Wildman–Crippen MR) is 81.2 cm³/mol. The highest BCUT2D eigenvalue weighted by Crippen LogP contribution is 2.12. The molecule has 0 aromatic heterocycles. The van der Waals surface area contributed by atoms with Crippen molar-refractivity contribution >= 4 is 11.5 Å². The van der Waals surface area contributed by atoms with Crippen LogP contribution in [0.3, 0.4) is 0 Å². The van der Waals surface area contributed by atoms with Crippen LogP contribution in [0.25, 0.3) is 0 Å². The molecule has 106 valence electrons. The normalized spacial score (nSPS) is 11.5. The number of carbonyl (C=O) groups is 1. The highest BCUT2D eigenvalue weighted by Gasteiger charge is 2.20. The number of anilines is 1. The van der Waals surface area contributed by atoms with Gasteiger partial charge >= 0.3 is 0 Å². The SMILES string of the molecule is CC[N+](CC)(CC)CCCC(=O)c1ccc(N)cc1. The Morgan fingerprint density at radius 3 is 2.05 bits per heavy atom. The zero-order valence-corrected chi connectivity index (χ0v) is 12.5. The van der Waals surface area contributed by atoms with E-state index in [2.05, 4.69) is 20.8 Å². The van der Waals surface area contributed by atoms with Crippen LogP contribution in [0, 0.1) is 0 Å². The summed E-state index contributed by atoms with van der Waals surface area (Å²) in [4.78, 5) is 12.1. The van der Waals surface area contributed by atoms with Crippen LogP contribution in [-0.2, 0) is 0 Å². The van der Waals surface area contributed by atoms with E-state index in [1.165, 1.54) is 0 Å². The lowest BCUT2D eigenvalue weighted by atomic mass is 10.1. The molecule has 3 heteroatoms. The van der Waals surface area contributed by atoms with Crippen LogP contribution < -0.4 is 5.73 Å². The van der Waals surface area contributed by atoms with Crippen molar-refractivity contribution in [2.24, 2.45) is 0 Å². The zero-order valence-electron chi connectivity index (χ0n) is 12.5. The molecule has 0 aliphatic carbocycles. The van der Waals surface area contributed by atoms with Gasteiger partial charge in [-0.25, -0.2) is 0 Å². The molecular formula is C16H27N2O+. The van der Waals surface area contributed by atoms with Crippen LogP contribution >= 0.6 is 0 Å². The lowest BCUT2D eigenvalue weighted by Crippen LogP contribution is -2.48. The van der Waals surface area contributed by atoms with E-state index in [0.29, 0.717) is 12.1 Å². The third-order valence-electron chi connectivity index (χ3n) is 4.28. The van der Waals surface area contributed by atoms with E-state index in [1.54, 1.807) is 12.1 Å². The molecule has 0 spiro atoms. The number of hydrogen-bond donors (Lipinski definition) is 1.